The van der Waals surface area contributed by atoms with Gasteiger partial charge in [0, 0.05) is 42.2 Å². The largest absolute Gasteiger partial charge is 0.346 e. The van der Waals surface area contributed by atoms with E-state index in [9.17, 15) is 0 Å². The molecule has 0 aliphatic carbocycles. The maximum Gasteiger partial charge on any atom is 0.185 e. The third-order valence-electron chi connectivity index (χ3n) is 2.67. The standard InChI is InChI=1S/C12H21N3S2/c1-10(2)7-13-8-11-9-14-12(17-11)15-3-5-16-6-4-15/h9-10,13H,3-8H2,1-2H3. The molecule has 0 spiro atoms. The van der Waals surface area contributed by atoms with Crippen molar-refractivity contribution in [1.29, 1.82) is 0 Å². The Hall–Kier alpha value is -0.260. The minimum absolute atomic E-state index is 0.710. The summed E-state index contributed by atoms with van der Waals surface area (Å²) in [7, 11) is 0. The van der Waals surface area contributed by atoms with Crippen LogP contribution in [0.2, 0.25) is 0 Å². The summed E-state index contributed by atoms with van der Waals surface area (Å²) in [5.41, 5.74) is 0. The smallest absolute Gasteiger partial charge is 0.185 e. The number of hydrogen-bond acceptors (Lipinski definition) is 5. The van der Waals surface area contributed by atoms with Gasteiger partial charge in [0.15, 0.2) is 5.13 Å². The molecule has 1 aliphatic heterocycles. The van der Waals surface area contributed by atoms with Crippen molar-refractivity contribution in [3.05, 3.63) is 11.1 Å². The second-order valence-corrected chi connectivity index (χ2v) is 7.05. The van der Waals surface area contributed by atoms with Crippen LogP contribution < -0.4 is 10.2 Å². The second kappa shape index (κ2) is 6.61. The molecule has 0 bridgehead atoms. The average molecular weight is 271 g/mol. The van der Waals surface area contributed by atoms with Crippen LogP contribution in [0, 0.1) is 5.92 Å². The van der Waals surface area contributed by atoms with Crippen LogP contribution in [0.4, 0.5) is 5.13 Å². The van der Waals surface area contributed by atoms with E-state index in [0.717, 1.165) is 26.2 Å². The Bertz CT molecular complexity index is 332. The van der Waals surface area contributed by atoms with Crippen LogP contribution in [0.3, 0.4) is 0 Å². The van der Waals surface area contributed by atoms with Gasteiger partial charge in [-0.2, -0.15) is 11.8 Å². The zero-order valence-electron chi connectivity index (χ0n) is 10.6. The van der Waals surface area contributed by atoms with Crippen molar-refractivity contribution in [1.82, 2.24) is 10.3 Å². The Morgan fingerprint density at radius 3 is 2.88 bits per heavy atom. The number of nitrogens with zero attached hydrogens (tertiary/aromatic N) is 2. The van der Waals surface area contributed by atoms with Gasteiger partial charge < -0.3 is 10.2 Å². The van der Waals surface area contributed by atoms with E-state index in [1.165, 1.54) is 21.5 Å². The molecule has 1 aliphatic rings. The third kappa shape index (κ3) is 4.16. The maximum absolute atomic E-state index is 4.53. The fourth-order valence-corrected chi connectivity index (χ4v) is 3.60. The topological polar surface area (TPSA) is 28.2 Å². The summed E-state index contributed by atoms with van der Waals surface area (Å²) in [6, 6.07) is 0. The fourth-order valence-electron chi connectivity index (χ4n) is 1.76. The molecule has 1 aromatic rings. The summed E-state index contributed by atoms with van der Waals surface area (Å²) in [5, 5.41) is 4.67. The molecule has 0 saturated carbocycles. The lowest BCUT2D eigenvalue weighted by Crippen LogP contribution is -2.32. The zero-order chi connectivity index (χ0) is 12.1. The molecule has 2 heterocycles. The first-order valence-electron chi connectivity index (χ1n) is 6.24. The van der Waals surface area contributed by atoms with Gasteiger partial charge in [-0.3, -0.25) is 0 Å². The number of nitrogens with one attached hydrogen (secondary N) is 1. The number of hydrogen-bond donors (Lipinski definition) is 1. The molecular weight excluding hydrogens is 250 g/mol. The lowest BCUT2D eigenvalue weighted by molar-refractivity contribution is 0.554. The van der Waals surface area contributed by atoms with Crippen molar-refractivity contribution in [3.8, 4) is 0 Å². The Morgan fingerprint density at radius 2 is 2.18 bits per heavy atom. The molecule has 2 rings (SSSR count). The number of aromatic nitrogens is 1. The van der Waals surface area contributed by atoms with E-state index >= 15 is 0 Å². The van der Waals surface area contributed by atoms with Crippen molar-refractivity contribution >= 4 is 28.2 Å². The second-order valence-electron chi connectivity index (χ2n) is 4.73. The maximum atomic E-state index is 4.53. The number of thiazole rings is 1. The minimum Gasteiger partial charge on any atom is -0.346 e. The Morgan fingerprint density at radius 1 is 1.41 bits per heavy atom. The molecule has 96 valence electrons. The van der Waals surface area contributed by atoms with Crippen molar-refractivity contribution in [3.63, 3.8) is 0 Å². The fraction of sp³-hybridized carbons (Fsp3) is 0.750. The molecule has 1 aromatic heterocycles. The van der Waals surface area contributed by atoms with E-state index in [1.54, 1.807) is 0 Å². The van der Waals surface area contributed by atoms with Crippen LogP contribution >= 0.6 is 23.1 Å². The highest BCUT2D eigenvalue weighted by Gasteiger charge is 2.14. The Kier molecular flexibility index (Phi) is 5.13. The molecule has 17 heavy (non-hydrogen) atoms. The first-order chi connectivity index (χ1) is 8.25. The minimum atomic E-state index is 0.710. The van der Waals surface area contributed by atoms with Crippen LogP contribution in [0.5, 0.6) is 0 Å². The summed E-state index contributed by atoms with van der Waals surface area (Å²) in [4.78, 5) is 8.29. The van der Waals surface area contributed by atoms with Crippen LogP contribution in [0.25, 0.3) is 0 Å². The predicted molar refractivity (Wildman–Crippen MR) is 78.2 cm³/mol. The molecule has 0 unspecified atom stereocenters. The summed E-state index contributed by atoms with van der Waals surface area (Å²) in [6.45, 7) is 8.80. The van der Waals surface area contributed by atoms with Gasteiger partial charge in [-0.1, -0.05) is 13.8 Å². The van der Waals surface area contributed by atoms with Crippen molar-refractivity contribution in [2.45, 2.75) is 20.4 Å². The van der Waals surface area contributed by atoms with E-state index in [1.807, 2.05) is 29.3 Å². The number of thioether (sulfide) groups is 1. The molecule has 1 saturated heterocycles. The highest BCUT2D eigenvalue weighted by molar-refractivity contribution is 7.99. The lowest BCUT2D eigenvalue weighted by atomic mass is 10.2. The summed E-state index contributed by atoms with van der Waals surface area (Å²) in [5.74, 6) is 3.18. The van der Waals surface area contributed by atoms with Crippen LogP contribution in [0.15, 0.2) is 6.20 Å². The van der Waals surface area contributed by atoms with Crippen LogP contribution in [-0.2, 0) is 6.54 Å². The van der Waals surface area contributed by atoms with E-state index in [-0.39, 0.29) is 0 Å². The quantitative estimate of drug-likeness (QED) is 0.890. The highest BCUT2D eigenvalue weighted by atomic mass is 32.2. The van der Waals surface area contributed by atoms with E-state index in [2.05, 4.69) is 29.0 Å². The summed E-state index contributed by atoms with van der Waals surface area (Å²) < 4.78 is 0. The summed E-state index contributed by atoms with van der Waals surface area (Å²) in [6.07, 6.45) is 2.02. The molecule has 5 heteroatoms. The molecular formula is C12H21N3S2. The van der Waals surface area contributed by atoms with E-state index < -0.39 is 0 Å². The molecule has 0 amide bonds. The van der Waals surface area contributed by atoms with Gasteiger partial charge in [-0.05, 0) is 12.5 Å². The van der Waals surface area contributed by atoms with Crippen LogP contribution in [-0.4, -0.2) is 36.1 Å². The van der Waals surface area contributed by atoms with Gasteiger partial charge in [0.2, 0.25) is 0 Å². The van der Waals surface area contributed by atoms with Gasteiger partial charge in [-0.15, -0.1) is 11.3 Å². The Labute approximate surface area is 112 Å². The van der Waals surface area contributed by atoms with Gasteiger partial charge >= 0.3 is 0 Å². The first kappa shape index (κ1) is 13.2. The predicted octanol–water partition coefficient (Wildman–Crippen LogP) is 2.44. The van der Waals surface area contributed by atoms with Crippen LogP contribution in [0.1, 0.15) is 18.7 Å². The van der Waals surface area contributed by atoms with Crippen molar-refractivity contribution in [2.75, 3.05) is 36.0 Å². The monoisotopic (exact) mass is 271 g/mol. The lowest BCUT2D eigenvalue weighted by Gasteiger charge is -2.25. The zero-order valence-corrected chi connectivity index (χ0v) is 12.2. The summed E-state index contributed by atoms with van der Waals surface area (Å²) >= 11 is 3.87. The highest BCUT2D eigenvalue weighted by Crippen LogP contribution is 2.24. The van der Waals surface area contributed by atoms with Gasteiger partial charge in [0.1, 0.15) is 0 Å². The molecule has 1 fully saturated rings. The Balaban J connectivity index is 1.82. The number of anilines is 1. The van der Waals surface area contributed by atoms with Gasteiger partial charge in [0.05, 0.1) is 0 Å². The van der Waals surface area contributed by atoms with Crippen molar-refractivity contribution in [2.24, 2.45) is 5.92 Å². The molecule has 3 nitrogen and oxygen atoms in total. The third-order valence-corrected chi connectivity index (χ3v) is 4.68. The normalized spacial score (nSPS) is 16.8. The SMILES string of the molecule is CC(C)CNCc1cnc(N2CCSCC2)s1. The molecule has 0 radical (unpaired) electrons. The molecule has 0 atom stereocenters. The first-order valence-corrected chi connectivity index (χ1v) is 8.21. The van der Waals surface area contributed by atoms with Gasteiger partial charge in [-0.25, -0.2) is 4.98 Å². The van der Waals surface area contributed by atoms with E-state index in [4.69, 9.17) is 0 Å². The number of rotatable bonds is 5. The van der Waals surface area contributed by atoms with E-state index in [0.29, 0.717) is 5.92 Å². The van der Waals surface area contributed by atoms with Gasteiger partial charge in [0.25, 0.3) is 0 Å². The molecule has 0 aromatic carbocycles. The molecule has 1 N–H and O–H groups in total. The average Bonchev–Trinajstić information content (AvgIpc) is 2.78. The van der Waals surface area contributed by atoms with Crippen molar-refractivity contribution < 1.29 is 0 Å².